The summed E-state index contributed by atoms with van der Waals surface area (Å²) in [4.78, 5) is 28.2. The normalized spacial score (nSPS) is 14.1. The first kappa shape index (κ1) is 26.8. The third-order valence-corrected chi connectivity index (χ3v) is 8.09. The first-order valence-electron chi connectivity index (χ1n) is 11.8. The molecule has 0 fully saturated rings. The molecule has 1 aliphatic rings. The Hall–Kier alpha value is -2.23. The topological polar surface area (TPSA) is 70.6 Å². The lowest BCUT2D eigenvalue weighted by Gasteiger charge is -2.34. The third-order valence-electron chi connectivity index (χ3n) is 6.23. The van der Waals surface area contributed by atoms with Crippen molar-refractivity contribution >= 4 is 62.2 Å². The van der Waals surface area contributed by atoms with E-state index in [0.29, 0.717) is 36.3 Å². The molecule has 0 unspecified atom stereocenters. The van der Waals surface area contributed by atoms with Crippen LogP contribution in [0.1, 0.15) is 31.2 Å². The van der Waals surface area contributed by atoms with E-state index in [1.165, 1.54) is 5.56 Å². The van der Waals surface area contributed by atoms with Crippen molar-refractivity contribution in [2.45, 2.75) is 39.3 Å². The maximum Gasteiger partial charge on any atom is 0.246 e. The Balaban J connectivity index is 1.48. The number of carbonyl (C=O) groups excluding carboxylic acids is 1. The number of hydrogen-bond acceptors (Lipinski definition) is 7. The molecule has 3 aromatic rings. The molecular weight excluding hydrogens is 517 g/mol. The number of benzene rings is 1. The van der Waals surface area contributed by atoms with Crippen molar-refractivity contribution in [1.29, 1.82) is 0 Å². The Morgan fingerprint density at radius 2 is 2.08 bits per heavy atom. The van der Waals surface area contributed by atoms with Crippen LogP contribution in [0, 0.1) is 0 Å². The zero-order chi connectivity index (χ0) is 25.9. The fraction of sp³-hybridized carbons (Fsp3) is 0.423. The number of halogens is 2. The highest BCUT2D eigenvalue weighted by Gasteiger charge is 2.26. The monoisotopic (exact) mass is 547 g/mol. The zero-order valence-electron chi connectivity index (χ0n) is 21.0. The van der Waals surface area contributed by atoms with Crippen LogP contribution in [0.15, 0.2) is 36.7 Å². The molecule has 192 valence electrons. The van der Waals surface area contributed by atoms with Gasteiger partial charge in [-0.25, -0.2) is 9.97 Å². The number of ether oxygens (including phenoxy) is 1. The van der Waals surface area contributed by atoms with Gasteiger partial charge in [0.05, 0.1) is 28.6 Å². The third kappa shape index (κ3) is 6.18. The number of fused-ring (bicyclic) bond motifs is 3. The molecule has 0 spiro atoms. The molecule has 0 aliphatic carbocycles. The second-order valence-electron chi connectivity index (χ2n) is 9.68. The maximum atomic E-state index is 13.0. The summed E-state index contributed by atoms with van der Waals surface area (Å²) < 4.78 is 5.23. The largest absolute Gasteiger partial charge is 0.383 e. The number of rotatable bonds is 8. The number of methoxy groups -OCH3 is 1. The van der Waals surface area contributed by atoms with Crippen LogP contribution in [0.5, 0.6) is 0 Å². The van der Waals surface area contributed by atoms with Crippen LogP contribution < -0.4 is 5.32 Å². The Labute approximate surface area is 226 Å². The van der Waals surface area contributed by atoms with Gasteiger partial charge in [-0.15, -0.1) is 11.3 Å². The number of carbonyl (C=O) groups is 1. The summed E-state index contributed by atoms with van der Waals surface area (Å²) in [5.74, 6) is 0.757. The summed E-state index contributed by atoms with van der Waals surface area (Å²) in [6.45, 7) is 9.88. The lowest BCUT2D eigenvalue weighted by molar-refractivity contribution is -0.126. The number of aromatic nitrogens is 2. The van der Waals surface area contributed by atoms with Crippen LogP contribution in [-0.2, 0) is 22.5 Å². The number of nitrogens with zero attached hydrogens (tertiary/aromatic N) is 4. The molecule has 1 amide bonds. The summed E-state index contributed by atoms with van der Waals surface area (Å²) in [5.41, 5.74) is 1.99. The Bertz CT molecular complexity index is 1270. The summed E-state index contributed by atoms with van der Waals surface area (Å²) in [6.07, 6.45) is 5.95. The van der Waals surface area contributed by atoms with Crippen molar-refractivity contribution in [3.63, 3.8) is 0 Å². The van der Waals surface area contributed by atoms with Gasteiger partial charge in [-0.2, -0.15) is 0 Å². The highest BCUT2D eigenvalue weighted by molar-refractivity contribution is 7.19. The Morgan fingerprint density at radius 3 is 2.81 bits per heavy atom. The van der Waals surface area contributed by atoms with Crippen molar-refractivity contribution in [1.82, 2.24) is 19.8 Å². The lowest BCUT2D eigenvalue weighted by Crippen LogP contribution is -2.43. The predicted molar refractivity (Wildman–Crippen MR) is 149 cm³/mol. The van der Waals surface area contributed by atoms with Gasteiger partial charge in [-0.3, -0.25) is 9.69 Å². The average molecular weight is 549 g/mol. The van der Waals surface area contributed by atoms with Gasteiger partial charge in [0.1, 0.15) is 17.0 Å². The van der Waals surface area contributed by atoms with E-state index in [1.54, 1.807) is 43.0 Å². The molecule has 0 saturated carbocycles. The van der Waals surface area contributed by atoms with Crippen molar-refractivity contribution in [2.24, 2.45) is 0 Å². The highest BCUT2D eigenvalue weighted by atomic mass is 35.5. The molecule has 0 bridgehead atoms. The minimum absolute atomic E-state index is 0.00680. The summed E-state index contributed by atoms with van der Waals surface area (Å²) in [6, 6.07) is 5.40. The van der Waals surface area contributed by atoms with E-state index in [-0.39, 0.29) is 11.4 Å². The second-order valence-corrected chi connectivity index (χ2v) is 11.6. The molecular formula is C26H31Cl2N5O2S. The molecule has 0 atom stereocenters. The molecule has 2 aromatic heterocycles. The minimum atomic E-state index is -0.00680. The molecule has 10 heteroatoms. The second kappa shape index (κ2) is 11.4. The zero-order valence-corrected chi connectivity index (χ0v) is 23.3. The van der Waals surface area contributed by atoms with E-state index < -0.39 is 0 Å². The van der Waals surface area contributed by atoms with Gasteiger partial charge in [0, 0.05) is 48.9 Å². The number of nitrogens with one attached hydrogen (secondary N) is 1. The van der Waals surface area contributed by atoms with Crippen LogP contribution >= 0.6 is 34.5 Å². The van der Waals surface area contributed by atoms with E-state index in [9.17, 15) is 4.79 Å². The standard InChI is InChI=1S/C26H31Cl2N5O2S/c1-26(2,3)33(12-13-35-4)10-5-6-22(34)32-11-9-18-21(15-32)36-25-23(18)24(29-16-30-25)31-17-7-8-19(27)20(28)14-17/h5-8,14,16H,9-13,15H2,1-4H3,(H,29,30,31)/b6-5+. The molecule has 7 nitrogen and oxygen atoms in total. The van der Waals surface area contributed by atoms with Crippen LogP contribution in [0.25, 0.3) is 10.2 Å². The molecule has 0 radical (unpaired) electrons. The minimum Gasteiger partial charge on any atom is -0.383 e. The average Bonchev–Trinajstić information content (AvgIpc) is 3.21. The van der Waals surface area contributed by atoms with Crippen LogP contribution in [-0.4, -0.2) is 64.6 Å². The summed E-state index contributed by atoms with van der Waals surface area (Å²) >= 11 is 13.9. The van der Waals surface area contributed by atoms with Crippen molar-refractivity contribution < 1.29 is 9.53 Å². The van der Waals surface area contributed by atoms with Gasteiger partial charge in [-0.05, 0) is 51.0 Å². The summed E-state index contributed by atoms with van der Waals surface area (Å²) in [7, 11) is 1.71. The first-order valence-corrected chi connectivity index (χ1v) is 13.4. The van der Waals surface area contributed by atoms with Crippen LogP contribution in [0.3, 0.4) is 0 Å². The first-order chi connectivity index (χ1) is 17.2. The molecule has 4 rings (SSSR count). The molecule has 0 saturated heterocycles. The van der Waals surface area contributed by atoms with Gasteiger partial charge in [-0.1, -0.05) is 29.3 Å². The van der Waals surface area contributed by atoms with Gasteiger partial charge >= 0.3 is 0 Å². The van der Waals surface area contributed by atoms with Gasteiger partial charge in [0.15, 0.2) is 0 Å². The van der Waals surface area contributed by atoms with Crippen molar-refractivity contribution in [3.05, 3.63) is 57.2 Å². The van der Waals surface area contributed by atoms with E-state index in [4.69, 9.17) is 27.9 Å². The van der Waals surface area contributed by atoms with Crippen molar-refractivity contribution in [2.75, 3.05) is 38.7 Å². The fourth-order valence-electron chi connectivity index (χ4n) is 4.21. The molecule has 1 aromatic carbocycles. The van der Waals surface area contributed by atoms with Crippen molar-refractivity contribution in [3.8, 4) is 0 Å². The molecule has 1 N–H and O–H groups in total. The summed E-state index contributed by atoms with van der Waals surface area (Å²) in [5, 5.41) is 5.34. The van der Waals surface area contributed by atoms with E-state index in [2.05, 4.69) is 41.0 Å². The van der Waals surface area contributed by atoms with Gasteiger partial charge in [0.2, 0.25) is 5.91 Å². The lowest BCUT2D eigenvalue weighted by atomic mass is 10.0. The van der Waals surface area contributed by atoms with E-state index in [0.717, 1.165) is 39.6 Å². The fourth-order valence-corrected chi connectivity index (χ4v) is 5.71. The quantitative estimate of drug-likeness (QED) is 0.352. The van der Waals surface area contributed by atoms with Crippen LogP contribution in [0.4, 0.5) is 11.5 Å². The highest BCUT2D eigenvalue weighted by Crippen LogP contribution is 2.38. The van der Waals surface area contributed by atoms with Crippen LogP contribution in [0.2, 0.25) is 10.0 Å². The predicted octanol–water partition coefficient (Wildman–Crippen LogP) is 5.93. The molecule has 3 heterocycles. The number of amides is 1. The smallest absolute Gasteiger partial charge is 0.246 e. The Kier molecular flexibility index (Phi) is 8.52. The maximum absolute atomic E-state index is 13.0. The van der Waals surface area contributed by atoms with E-state index >= 15 is 0 Å². The number of thiophene rings is 1. The molecule has 1 aliphatic heterocycles. The Morgan fingerprint density at radius 1 is 1.28 bits per heavy atom. The van der Waals surface area contributed by atoms with E-state index in [1.807, 2.05) is 17.0 Å². The SMILES string of the molecule is COCCN(C/C=C/C(=O)N1CCc2c(sc3ncnc(Nc4ccc(Cl)c(Cl)c4)c23)C1)C(C)(C)C. The van der Waals surface area contributed by atoms with Gasteiger partial charge in [0.25, 0.3) is 0 Å². The van der Waals surface area contributed by atoms with Gasteiger partial charge < -0.3 is 15.0 Å². The number of anilines is 2. The number of hydrogen-bond donors (Lipinski definition) is 1. The molecule has 36 heavy (non-hydrogen) atoms.